The molecule has 0 saturated heterocycles. The van der Waals surface area contributed by atoms with Crippen LogP contribution in [0.2, 0.25) is 0 Å². The summed E-state index contributed by atoms with van der Waals surface area (Å²) in [5.74, 6) is 0. The van der Waals surface area contributed by atoms with Crippen molar-refractivity contribution in [2.75, 3.05) is 5.12 Å². The zero-order valence-corrected chi connectivity index (χ0v) is 8.20. The number of benzene rings is 1. The highest BCUT2D eigenvalue weighted by Crippen LogP contribution is 2.18. The van der Waals surface area contributed by atoms with Gasteiger partial charge in [0, 0.05) is 0 Å². The Hall–Kier alpha value is -1.05. The van der Waals surface area contributed by atoms with E-state index in [1.54, 1.807) is 12.1 Å². The monoisotopic (exact) mass is 181 g/mol. The predicted octanol–water partition coefficient (Wildman–Crippen LogP) is 3.57. The molecule has 0 aliphatic carbocycles. The first-order valence-electron chi connectivity index (χ1n) is 4.75. The Bertz CT molecular complexity index is 235. The number of hydrogen-bond donors (Lipinski definition) is 0. The molecule has 0 amide bonds. The molecule has 0 fully saturated rings. The van der Waals surface area contributed by atoms with Gasteiger partial charge in [0.05, 0.1) is 11.7 Å². The lowest BCUT2D eigenvalue weighted by Gasteiger charge is -2.20. The Labute approximate surface area is 79.1 Å². The van der Waals surface area contributed by atoms with Crippen LogP contribution >= 0.6 is 0 Å². The molecule has 1 atom stereocenters. The van der Waals surface area contributed by atoms with Gasteiger partial charge in [-0.25, -0.2) is 5.12 Å². The van der Waals surface area contributed by atoms with Crippen LogP contribution in [0, 0.1) is 0 Å². The van der Waals surface area contributed by atoms with Crippen LogP contribution in [0.3, 0.4) is 0 Å². The van der Waals surface area contributed by atoms with Crippen LogP contribution in [0.15, 0.2) is 30.3 Å². The van der Waals surface area contributed by atoms with E-state index in [9.17, 15) is 4.48 Å². The van der Waals surface area contributed by atoms with Crippen molar-refractivity contribution in [1.82, 2.24) is 0 Å². The third-order valence-corrected chi connectivity index (χ3v) is 2.10. The summed E-state index contributed by atoms with van der Waals surface area (Å²) >= 11 is 0. The number of anilines is 1. The van der Waals surface area contributed by atoms with Crippen LogP contribution in [0.5, 0.6) is 0 Å². The maximum atomic E-state index is 13.5. The van der Waals surface area contributed by atoms with Crippen LogP contribution in [0.25, 0.3) is 0 Å². The number of rotatable bonds is 4. The Morgan fingerprint density at radius 1 is 1.31 bits per heavy atom. The molecule has 0 aromatic heterocycles. The van der Waals surface area contributed by atoms with E-state index in [1.165, 1.54) is 0 Å². The normalized spacial score (nSPS) is 12.5. The fourth-order valence-electron chi connectivity index (χ4n) is 1.36. The highest BCUT2D eigenvalue weighted by atomic mass is 19.2. The van der Waals surface area contributed by atoms with Gasteiger partial charge >= 0.3 is 0 Å². The first-order valence-corrected chi connectivity index (χ1v) is 4.75. The molecule has 0 aliphatic heterocycles. The summed E-state index contributed by atoms with van der Waals surface area (Å²) in [5.41, 5.74) is 0.642. The number of nitrogens with zero attached hydrogens (tertiary/aromatic N) is 1. The lowest BCUT2D eigenvalue weighted by Crippen LogP contribution is -2.24. The first kappa shape index (κ1) is 10.0. The second-order valence-electron chi connectivity index (χ2n) is 3.28. The standard InChI is InChI=1S/C11H16FN/c1-3-7-10(2)13(12)11-8-5-4-6-9-11/h4-6,8-10H,3,7H2,1-2H3. The van der Waals surface area contributed by atoms with E-state index in [1.807, 2.05) is 25.1 Å². The quantitative estimate of drug-likeness (QED) is 0.642. The Morgan fingerprint density at radius 2 is 1.92 bits per heavy atom. The van der Waals surface area contributed by atoms with Crippen molar-refractivity contribution in [3.05, 3.63) is 30.3 Å². The number of para-hydroxylation sites is 1. The van der Waals surface area contributed by atoms with Gasteiger partial charge in [-0.2, -0.15) is 0 Å². The van der Waals surface area contributed by atoms with E-state index in [-0.39, 0.29) is 6.04 Å². The molecule has 1 rings (SSSR count). The molecule has 2 heteroatoms. The van der Waals surface area contributed by atoms with Crippen LogP contribution < -0.4 is 5.12 Å². The van der Waals surface area contributed by atoms with Crippen LogP contribution in [0.1, 0.15) is 26.7 Å². The second-order valence-corrected chi connectivity index (χ2v) is 3.28. The summed E-state index contributed by atoms with van der Waals surface area (Å²) in [6.07, 6.45) is 1.89. The minimum absolute atomic E-state index is 0.0348. The number of halogens is 1. The fraction of sp³-hybridized carbons (Fsp3) is 0.455. The van der Waals surface area contributed by atoms with Crippen molar-refractivity contribution in [1.29, 1.82) is 0 Å². The molecule has 13 heavy (non-hydrogen) atoms. The molecule has 0 N–H and O–H groups in total. The molecule has 0 heterocycles. The van der Waals surface area contributed by atoms with Gasteiger partial charge in [0.15, 0.2) is 0 Å². The minimum Gasteiger partial charge on any atom is -0.209 e. The maximum absolute atomic E-state index is 13.5. The van der Waals surface area contributed by atoms with Crippen molar-refractivity contribution in [2.45, 2.75) is 32.7 Å². The van der Waals surface area contributed by atoms with E-state index in [2.05, 4.69) is 6.92 Å². The maximum Gasteiger partial charge on any atom is 0.0690 e. The lowest BCUT2D eigenvalue weighted by molar-refractivity contribution is 0.365. The van der Waals surface area contributed by atoms with Crippen molar-refractivity contribution >= 4 is 5.69 Å². The lowest BCUT2D eigenvalue weighted by atomic mass is 10.2. The molecule has 1 unspecified atom stereocenters. The molecular formula is C11H16FN. The van der Waals surface area contributed by atoms with Gasteiger partial charge in [0.1, 0.15) is 0 Å². The SMILES string of the molecule is CCCC(C)N(F)c1ccccc1. The molecular weight excluding hydrogens is 165 g/mol. The third kappa shape index (κ3) is 2.72. The van der Waals surface area contributed by atoms with Gasteiger partial charge in [-0.3, -0.25) is 0 Å². The first-order chi connectivity index (χ1) is 6.25. The average molecular weight is 181 g/mol. The molecule has 1 nitrogen and oxygen atoms in total. The summed E-state index contributed by atoms with van der Waals surface area (Å²) < 4.78 is 13.5. The van der Waals surface area contributed by atoms with Crippen LogP contribution in [0.4, 0.5) is 10.2 Å². The Morgan fingerprint density at radius 3 is 2.46 bits per heavy atom. The number of hydrogen-bond acceptors (Lipinski definition) is 1. The molecule has 1 aromatic rings. The van der Waals surface area contributed by atoms with Crippen LogP contribution in [-0.2, 0) is 0 Å². The molecule has 1 aromatic carbocycles. The zero-order valence-electron chi connectivity index (χ0n) is 8.20. The second kappa shape index (κ2) is 4.85. The summed E-state index contributed by atoms with van der Waals surface area (Å²) in [4.78, 5) is 0. The van der Waals surface area contributed by atoms with Crippen molar-refractivity contribution < 1.29 is 4.48 Å². The van der Waals surface area contributed by atoms with Gasteiger partial charge in [0.25, 0.3) is 0 Å². The van der Waals surface area contributed by atoms with E-state index < -0.39 is 0 Å². The summed E-state index contributed by atoms with van der Waals surface area (Å²) in [6, 6.07) is 9.12. The van der Waals surface area contributed by atoms with Crippen molar-refractivity contribution in [3.63, 3.8) is 0 Å². The summed E-state index contributed by atoms with van der Waals surface area (Å²) in [6.45, 7) is 3.96. The smallest absolute Gasteiger partial charge is 0.0690 e. The van der Waals surface area contributed by atoms with E-state index in [4.69, 9.17) is 0 Å². The third-order valence-electron chi connectivity index (χ3n) is 2.10. The van der Waals surface area contributed by atoms with E-state index in [0.29, 0.717) is 5.69 Å². The molecule has 0 aliphatic rings. The molecule has 0 spiro atoms. The predicted molar refractivity (Wildman–Crippen MR) is 54.4 cm³/mol. The van der Waals surface area contributed by atoms with Gasteiger partial charge in [0.2, 0.25) is 0 Å². The largest absolute Gasteiger partial charge is 0.209 e. The van der Waals surface area contributed by atoms with E-state index in [0.717, 1.165) is 18.0 Å². The minimum atomic E-state index is -0.0348. The highest BCUT2D eigenvalue weighted by Gasteiger charge is 2.11. The summed E-state index contributed by atoms with van der Waals surface area (Å²) in [5, 5.41) is 0.837. The Balaban J connectivity index is 2.62. The topological polar surface area (TPSA) is 3.24 Å². The van der Waals surface area contributed by atoms with Gasteiger partial charge in [-0.15, -0.1) is 0 Å². The summed E-state index contributed by atoms with van der Waals surface area (Å²) in [7, 11) is 0. The Kier molecular flexibility index (Phi) is 3.74. The van der Waals surface area contributed by atoms with Crippen molar-refractivity contribution in [3.8, 4) is 0 Å². The van der Waals surface area contributed by atoms with Gasteiger partial charge in [-0.05, 0) is 25.5 Å². The average Bonchev–Trinajstić information content (AvgIpc) is 2.18. The highest BCUT2D eigenvalue weighted by molar-refractivity contribution is 5.43. The van der Waals surface area contributed by atoms with Gasteiger partial charge in [-0.1, -0.05) is 36.0 Å². The zero-order chi connectivity index (χ0) is 9.68. The molecule has 0 bridgehead atoms. The van der Waals surface area contributed by atoms with E-state index >= 15 is 0 Å². The van der Waals surface area contributed by atoms with Gasteiger partial charge < -0.3 is 0 Å². The molecule has 72 valence electrons. The van der Waals surface area contributed by atoms with Crippen LogP contribution in [-0.4, -0.2) is 6.04 Å². The molecule has 0 radical (unpaired) electrons. The molecule has 0 saturated carbocycles. The fourth-order valence-corrected chi connectivity index (χ4v) is 1.36. The van der Waals surface area contributed by atoms with Crippen molar-refractivity contribution in [2.24, 2.45) is 0 Å².